The zero-order valence-electron chi connectivity index (χ0n) is 11.5. The molecule has 1 aromatic rings. The number of hydrogen-bond acceptors (Lipinski definition) is 3. The lowest BCUT2D eigenvalue weighted by Gasteiger charge is -2.15. The quantitative estimate of drug-likeness (QED) is 0.779. The van der Waals surface area contributed by atoms with Crippen molar-refractivity contribution in [3.05, 3.63) is 30.3 Å². The lowest BCUT2D eigenvalue weighted by atomic mass is 9.89. The number of hydrazone groups is 1. The fourth-order valence-corrected chi connectivity index (χ4v) is 2.13. The number of anilines is 1. The molecule has 0 aliphatic carbocycles. The van der Waals surface area contributed by atoms with E-state index < -0.39 is 5.92 Å². The number of rotatable bonds is 4. The zero-order chi connectivity index (χ0) is 14.0. The van der Waals surface area contributed by atoms with Crippen molar-refractivity contribution in [2.75, 3.05) is 5.01 Å². The summed E-state index contributed by atoms with van der Waals surface area (Å²) in [7, 11) is 0. The van der Waals surface area contributed by atoms with E-state index in [0.29, 0.717) is 11.4 Å². The Morgan fingerprint density at radius 3 is 2.58 bits per heavy atom. The highest BCUT2D eigenvalue weighted by Gasteiger charge is 2.40. The van der Waals surface area contributed by atoms with E-state index >= 15 is 0 Å². The highest BCUT2D eigenvalue weighted by molar-refractivity contribution is 6.27. The van der Waals surface area contributed by atoms with Gasteiger partial charge in [0.1, 0.15) is 5.92 Å². The van der Waals surface area contributed by atoms with Gasteiger partial charge in [0.05, 0.1) is 11.4 Å². The van der Waals surface area contributed by atoms with E-state index in [9.17, 15) is 9.59 Å². The summed E-state index contributed by atoms with van der Waals surface area (Å²) in [4.78, 5) is 24.6. The standard InChI is InChI=1S/C15H18N2O2/c1-4-10(2)14(18)13-11(3)16-17(15(13)19)12-8-6-5-7-9-12/h5-10,13H,4H2,1-3H3. The number of amides is 1. The molecule has 0 aromatic heterocycles. The van der Waals surface area contributed by atoms with Crippen molar-refractivity contribution in [2.45, 2.75) is 27.2 Å². The summed E-state index contributed by atoms with van der Waals surface area (Å²) in [5, 5.41) is 5.57. The molecule has 1 amide bonds. The van der Waals surface area contributed by atoms with E-state index in [-0.39, 0.29) is 17.6 Å². The Bertz CT molecular complexity index is 522. The third-order valence-corrected chi connectivity index (χ3v) is 3.51. The SMILES string of the molecule is CCC(C)C(=O)C1C(=O)N(c2ccccc2)N=C1C. The molecule has 4 nitrogen and oxygen atoms in total. The number of carbonyl (C=O) groups excluding carboxylic acids is 2. The molecule has 0 saturated carbocycles. The van der Waals surface area contributed by atoms with E-state index in [0.717, 1.165) is 6.42 Å². The fraction of sp³-hybridized carbons (Fsp3) is 0.400. The van der Waals surface area contributed by atoms with Crippen molar-refractivity contribution in [1.82, 2.24) is 0 Å². The predicted molar refractivity (Wildman–Crippen MR) is 75.0 cm³/mol. The molecule has 0 radical (unpaired) electrons. The molecule has 0 spiro atoms. The maximum atomic E-state index is 12.4. The summed E-state index contributed by atoms with van der Waals surface area (Å²) in [5.41, 5.74) is 1.28. The number of Topliss-reactive ketones (excluding diaryl/α,β-unsaturated/α-hetero) is 1. The molecule has 0 fully saturated rings. The van der Waals surface area contributed by atoms with Crippen LogP contribution in [0.15, 0.2) is 35.4 Å². The molecule has 19 heavy (non-hydrogen) atoms. The van der Waals surface area contributed by atoms with Crippen LogP contribution >= 0.6 is 0 Å². The van der Waals surface area contributed by atoms with Gasteiger partial charge in [0.2, 0.25) is 0 Å². The molecule has 1 aromatic carbocycles. The smallest absolute Gasteiger partial charge is 0.263 e. The van der Waals surface area contributed by atoms with Crippen LogP contribution in [0.2, 0.25) is 0 Å². The van der Waals surface area contributed by atoms with Gasteiger partial charge in [0, 0.05) is 5.92 Å². The number of ketones is 1. The number of carbonyl (C=O) groups is 2. The Balaban J connectivity index is 2.27. The molecule has 2 rings (SSSR count). The second-order valence-corrected chi connectivity index (χ2v) is 4.87. The first-order valence-corrected chi connectivity index (χ1v) is 6.54. The summed E-state index contributed by atoms with van der Waals surface area (Å²) in [6.45, 7) is 5.54. The van der Waals surface area contributed by atoms with E-state index in [1.807, 2.05) is 44.2 Å². The normalized spacial score (nSPS) is 20.4. The molecule has 1 heterocycles. The highest BCUT2D eigenvalue weighted by atomic mass is 16.2. The van der Waals surface area contributed by atoms with Crippen LogP contribution in [-0.4, -0.2) is 17.4 Å². The Labute approximate surface area is 113 Å². The van der Waals surface area contributed by atoms with Gasteiger partial charge in [-0.25, -0.2) is 0 Å². The molecule has 1 aliphatic rings. The minimum absolute atomic E-state index is 0.0350. The average molecular weight is 258 g/mol. The molecule has 0 bridgehead atoms. The number of nitrogens with zero attached hydrogens (tertiary/aromatic N) is 2. The van der Waals surface area contributed by atoms with Gasteiger partial charge in [-0.3, -0.25) is 9.59 Å². The molecular formula is C15H18N2O2. The van der Waals surface area contributed by atoms with Crippen LogP contribution in [0, 0.1) is 11.8 Å². The fourth-order valence-electron chi connectivity index (χ4n) is 2.13. The lowest BCUT2D eigenvalue weighted by molar-refractivity contribution is -0.131. The van der Waals surface area contributed by atoms with E-state index in [2.05, 4.69) is 5.10 Å². The highest BCUT2D eigenvalue weighted by Crippen LogP contribution is 2.26. The third-order valence-electron chi connectivity index (χ3n) is 3.51. The summed E-state index contributed by atoms with van der Waals surface area (Å²) in [5.74, 6) is -1.11. The first kappa shape index (κ1) is 13.5. The largest absolute Gasteiger partial charge is 0.298 e. The van der Waals surface area contributed by atoms with E-state index in [4.69, 9.17) is 0 Å². The zero-order valence-corrected chi connectivity index (χ0v) is 11.5. The monoisotopic (exact) mass is 258 g/mol. The molecule has 1 aliphatic heterocycles. The van der Waals surface area contributed by atoms with Crippen LogP contribution in [0.4, 0.5) is 5.69 Å². The first-order valence-electron chi connectivity index (χ1n) is 6.54. The Hall–Kier alpha value is -1.97. The number of benzene rings is 1. The van der Waals surface area contributed by atoms with Gasteiger partial charge in [-0.1, -0.05) is 32.0 Å². The molecule has 0 saturated heterocycles. The Morgan fingerprint density at radius 2 is 2.00 bits per heavy atom. The van der Waals surface area contributed by atoms with Crippen LogP contribution in [0.3, 0.4) is 0 Å². The summed E-state index contributed by atoms with van der Waals surface area (Å²) >= 11 is 0. The van der Waals surface area contributed by atoms with Gasteiger partial charge >= 0.3 is 0 Å². The number of hydrogen-bond donors (Lipinski definition) is 0. The van der Waals surface area contributed by atoms with Crippen molar-refractivity contribution in [3.8, 4) is 0 Å². The molecule has 100 valence electrons. The first-order chi connectivity index (χ1) is 9.06. The lowest BCUT2D eigenvalue weighted by Crippen LogP contribution is -2.35. The van der Waals surface area contributed by atoms with E-state index in [1.54, 1.807) is 6.92 Å². The predicted octanol–water partition coefficient (Wildman–Crippen LogP) is 2.64. The molecule has 2 atom stereocenters. The van der Waals surface area contributed by atoms with Crippen LogP contribution in [0.5, 0.6) is 0 Å². The van der Waals surface area contributed by atoms with Crippen molar-refractivity contribution in [2.24, 2.45) is 16.9 Å². The van der Waals surface area contributed by atoms with Gasteiger partial charge in [-0.05, 0) is 25.5 Å². The van der Waals surface area contributed by atoms with Crippen LogP contribution in [0.25, 0.3) is 0 Å². The van der Waals surface area contributed by atoms with Crippen molar-refractivity contribution < 1.29 is 9.59 Å². The number of para-hydroxylation sites is 1. The molecule has 0 N–H and O–H groups in total. The molecule has 4 heteroatoms. The minimum atomic E-state index is -0.713. The van der Waals surface area contributed by atoms with Crippen LogP contribution in [0.1, 0.15) is 27.2 Å². The van der Waals surface area contributed by atoms with Crippen molar-refractivity contribution in [3.63, 3.8) is 0 Å². The maximum Gasteiger partial charge on any atom is 0.263 e. The second-order valence-electron chi connectivity index (χ2n) is 4.87. The summed E-state index contributed by atoms with van der Waals surface area (Å²) in [6, 6.07) is 9.19. The van der Waals surface area contributed by atoms with Gasteiger partial charge in [-0.2, -0.15) is 10.1 Å². The second kappa shape index (κ2) is 5.34. The topological polar surface area (TPSA) is 49.7 Å². The molecular weight excluding hydrogens is 240 g/mol. The average Bonchev–Trinajstić information content (AvgIpc) is 2.73. The summed E-state index contributed by atoms with van der Waals surface area (Å²) in [6.07, 6.45) is 0.737. The van der Waals surface area contributed by atoms with Gasteiger partial charge in [-0.15, -0.1) is 0 Å². The van der Waals surface area contributed by atoms with E-state index in [1.165, 1.54) is 5.01 Å². The van der Waals surface area contributed by atoms with Crippen molar-refractivity contribution >= 4 is 23.1 Å². The summed E-state index contributed by atoms with van der Waals surface area (Å²) < 4.78 is 0. The molecule has 2 unspecified atom stereocenters. The third kappa shape index (κ3) is 2.43. The van der Waals surface area contributed by atoms with Crippen LogP contribution in [-0.2, 0) is 9.59 Å². The minimum Gasteiger partial charge on any atom is -0.298 e. The Kier molecular flexibility index (Phi) is 3.79. The van der Waals surface area contributed by atoms with Gasteiger partial charge in [0.15, 0.2) is 5.78 Å². The van der Waals surface area contributed by atoms with Crippen molar-refractivity contribution in [1.29, 1.82) is 0 Å². The Morgan fingerprint density at radius 1 is 1.37 bits per heavy atom. The van der Waals surface area contributed by atoms with Gasteiger partial charge in [0.25, 0.3) is 5.91 Å². The van der Waals surface area contributed by atoms with Crippen LogP contribution < -0.4 is 5.01 Å². The maximum absolute atomic E-state index is 12.4. The van der Waals surface area contributed by atoms with Gasteiger partial charge < -0.3 is 0 Å².